The molecule has 4 rings (SSSR count). The van der Waals surface area contributed by atoms with E-state index in [2.05, 4.69) is 298 Å². The second-order valence-corrected chi connectivity index (χ2v) is 38.0. The molecule has 0 saturated heterocycles. The predicted molar refractivity (Wildman–Crippen MR) is 408 cm³/mol. The van der Waals surface area contributed by atoms with Gasteiger partial charge in [-0.2, -0.15) is 0 Å². The zero-order valence-corrected chi connectivity index (χ0v) is 69.6. The van der Waals surface area contributed by atoms with E-state index < -0.39 is 0 Å². The molecule has 526 valence electrons. The summed E-state index contributed by atoms with van der Waals surface area (Å²) in [6.07, 6.45) is 31.3. The maximum atomic E-state index is 2.36. The van der Waals surface area contributed by atoms with Crippen molar-refractivity contribution in [1.82, 2.24) is 0 Å². The first-order valence-corrected chi connectivity index (χ1v) is 38.0. The Labute approximate surface area is 550 Å². The van der Waals surface area contributed by atoms with Crippen LogP contribution in [0.15, 0.2) is 0 Å². The van der Waals surface area contributed by atoms with Crippen LogP contribution < -0.4 is 0 Å². The highest BCUT2D eigenvalue weighted by atomic mass is 14.3. The van der Waals surface area contributed by atoms with Crippen LogP contribution in [0.25, 0.3) is 0 Å². The van der Waals surface area contributed by atoms with Crippen LogP contribution in [0.1, 0.15) is 439 Å². The number of hydrogen-bond acceptors (Lipinski definition) is 0. The summed E-state index contributed by atoms with van der Waals surface area (Å²) >= 11 is 0. The van der Waals surface area contributed by atoms with Gasteiger partial charge in [0, 0.05) is 0 Å². The van der Waals surface area contributed by atoms with E-state index in [4.69, 9.17) is 0 Å². The summed E-state index contributed by atoms with van der Waals surface area (Å²) in [7, 11) is 0. The lowest BCUT2D eigenvalue weighted by Crippen LogP contribution is -2.25. The molecular weight excluding hydrogens is 1020 g/mol. The summed E-state index contributed by atoms with van der Waals surface area (Å²) in [4.78, 5) is 0. The van der Waals surface area contributed by atoms with Gasteiger partial charge in [0.25, 0.3) is 0 Å². The van der Waals surface area contributed by atoms with Gasteiger partial charge in [-0.05, 0) is 147 Å². The zero-order valence-electron chi connectivity index (χ0n) is 69.6. The van der Waals surface area contributed by atoms with Gasteiger partial charge in [0.2, 0.25) is 0 Å². The molecule has 0 bridgehead atoms. The fourth-order valence-electron chi connectivity index (χ4n) is 8.35. The van der Waals surface area contributed by atoms with Crippen molar-refractivity contribution in [3.05, 3.63) is 0 Å². The molecule has 3 unspecified atom stereocenters. The van der Waals surface area contributed by atoms with Crippen LogP contribution in [-0.2, 0) is 0 Å². The summed E-state index contributed by atoms with van der Waals surface area (Å²) in [5, 5.41) is 0. The molecule has 0 N–H and O–H groups in total. The van der Waals surface area contributed by atoms with Crippen LogP contribution in [0.2, 0.25) is 0 Å². The molecule has 4 fully saturated rings. The molecule has 85 heavy (non-hydrogen) atoms. The Hall–Kier alpha value is 0. The molecule has 0 aliphatic heterocycles. The van der Waals surface area contributed by atoms with E-state index in [9.17, 15) is 0 Å². The van der Waals surface area contributed by atoms with E-state index in [1.165, 1.54) is 141 Å². The van der Waals surface area contributed by atoms with Crippen LogP contribution in [0.4, 0.5) is 0 Å². The Morgan fingerprint density at radius 2 is 0.671 bits per heavy atom. The van der Waals surface area contributed by atoms with E-state index in [1.807, 2.05) is 0 Å². The van der Waals surface area contributed by atoms with E-state index in [1.54, 1.807) is 0 Å². The molecule has 0 radical (unpaired) electrons. The summed E-state index contributed by atoms with van der Waals surface area (Å²) in [5.41, 5.74) is 3.70. The first-order valence-electron chi connectivity index (χ1n) is 38.0. The van der Waals surface area contributed by atoms with Crippen LogP contribution in [0, 0.1) is 115 Å². The molecule has 0 spiro atoms. The van der Waals surface area contributed by atoms with Crippen molar-refractivity contribution in [3.8, 4) is 0 Å². The second-order valence-electron chi connectivity index (χ2n) is 38.0. The molecule has 0 heterocycles. The van der Waals surface area contributed by atoms with Gasteiger partial charge in [0.15, 0.2) is 0 Å². The van der Waals surface area contributed by atoms with Crippen molar-refractivity contribution in [2.75, 3.05) is 0 Å². The second kappa shape index (κ2) is 54.5. The van der Waals surface area contributed by atoms with E-state index >= 15 is 0 Å². The van der Waals surface area contributed by atoms with Gasteiger partial charge in [-0.3, -0.25) is 0 Å². The average Bonchev–Trinajstić information content (AvgIpc) is 4.06. The lowest BCUT2D eigenvalue weighted by Gasteiger charge is -2.34. The van der Waals surface area contributed by atoms with Crippen LogP contribution in [0.3, 0.4) is 0 Å². The largest absolute Gasteiger partial charge is 0.0654 e. The standard InChI is InChI=1S/C8H18.4C7H14.7C7H16/c1-7(2,3)8(4,5)6;1-6-3-4-7(2)5-6;1-7(2)5-3-4-6-7;1-6-4-3-5-7(6)2;1-7-5-3-2-4-6-7;2*1-6(2)7(3,4)5;1-6(2)5-7(3)4;1-5-6-7(2,3)4;1-5-7(3,4)6-2;2*1-5-7(4)6(2)3/h1-6H3;6-7H,3-5H2,1-2H3;3-6H2,1-2H3;6-7H,3-5H2,1-2H3;7H,2-6H2,1H3;2*6H,1-5H3;6-7H,5H2,1-4H3;2*5-6H2,1-4H3;2*6-7H,5H2,1-4H3/t;6-,7?;;6-,7?;;;;;;;7-;/m.1.1......0./s1. The van der Waals surface area contributed by atoms with E-state index in [-0.39, 0.29) is 0 Å². The average molecular weight is 1210 g/mol. The molecule has 0 nitrogen and oxygen atoms in total. The van der Waals surface area contributed by atoms with E-state index in [0.29, 0.717) is 37.9 Å². The molecule has 6 atom stereocenters. The Morgan fingerprint density at radius 1 is 0.376 bits per heavy atom. The number of rotatable bonds is 9. The van der Waals surface area contributed by atoms with Gasteiger partial charge in [-0.25, -0.2) is 0 Å². The molecule has 4 aliphatic rings. The maximum absolute atomic E-state index is 2.36. The lowest BCUT2D eigenvalue weighted by atomic mass is 9.71. The highest BCUT2D eigenvalue weighted by Crippen LogP contribution is 2.37. The van der Waals surface area contributed by atoms with Gasteiger partial charge in [-0.15, -0.1) is 0 Å². The van der Waals surface area contributed by atoms with Crippen molar-refractivity contribution in [2.24, 2.45) is 115 Å². The van der Waals surface area contributed by atoms with Crippen molar-refractivity contribution in [3.63, 3.8) is 0 Å². The van der Waals surface area contributed by atoms with Gasteiger partial charge in [0.05, 0.1) is 0 Å². The molecule has 0 aromatic carbocycles. The minimum atomic E-state index is 0.437. The van der Waals surface area contributed by atoms with Crippen molar-refractivity contribution in [2.45, 2.75) is 439 Å². The minimum absolute atomic E-state index is 0.437. The first-order chi connectivity index (χ1) is 38.0. The smallest absolute Gasteiger partial charge is 0.0334 e. The van der Waals surface area contributed by atoms with Crippen LogP contribution >= 0.6 is 0 Å². The van der Waals surface area contributed by atoms with E-state index in [0.717, 1.165) is 76.9 Å². The minimum Gasteiger partial charge on any atom is -0.0654 e. The highest BCUT2D eigenvalue weighted by Gasteiger charge is 2.27. The van der Waals surface area contributed by atoms with Gasteiger partial charge in [-0.1, -0.05) is 407 Å². The SMILES string of the molecule is CC(C)(C)C(C)(C)C.CC(C)C(C)(C)C.CC(C)C(C)(C)C.CC(C)CC(C)C.CC1(C)CCCC1.CC1CCCCC1.CC1CCC[C@H]1C.CC1CC[C@@H](C)C1.CCC(C)(C)CC.CCC(C)C(C)C.CCCC(C)(C)C.CC[C@H](C)C(C)C. The summed E-state index contributed by atoms with van der Waals surface area (Å²) in [5.74, 6) is 12.0. The quantitative estimate of drug-likeness (QED) is 0.216. The van der Waals surface area contributed by atoms with Crippen LogP contribution in [-0.4, -0.2) is 0 Å². The fraction of sp³-hybridized carbons (Fsp3) is 1.00. The highest BCUT2D eigenvalue weighted by molar-refractivity contribution is 4.77. The zero-order chi connectivity index (χ0) is 69.6. The fourth-order valence-corrected chi connectivity index (χ4v) is 8.35. The predicted octanol–water partition coefficient (Wildman–Crippen LogP) is 32.2. The van der Waals surface area contributed by atoms with Gasteiger partial charge in [0.1, 0.15) is 0 Å². The van der Waals surface area contributed by atoms with Crippen molar-refractivity contribution in [1.29, 1.82) is 0 Å². The third-order valence-electron chi connectivity index (χ3n) is 21.2. The monoisotopic (exact) mass is 1210 g/mol. The topological polar surface area (TPSA) is 0 Å². The summed E-state index contributed by atoms with van der Waals surface area (Å²) in [6.45, 7) is 98.0. The molecule has 4 aliphatic carbocycles. The Kier molecular flexibility index (Phi) is 64.9. The lowest BCUT2D eigenvalue weighted by molar-refractivity contribution is 0.157. The molecular formula is C85H186. The first kappa shape index (κ1) is 101. The molecule has 0 amide bonds. The Balaban J connectivity index is -0.000000127. The van der Waals surface area contributed by atoms with Crippen molar-refractivity contribution >= 4 is 0 Å². The molecule has 0 aromatic heterocycles. The summed E-state index contributed by atoms with van der Waals surface area (Å²) in [6, 6.07) is 0. The van der Waals surface area contributed by atoms with Crippen LogP contribution in [0.5, 0.6) is 0 Å². The number of hydrogen-bond donors (Lipinski definition) is 0. The normalized spacial score (nSPS) is 20.2. The van der Waals surface area contributed by atoms with Gasteiger partial charge >= 0.3 is 0 Å². The molecule has 0 heteroatoms. The summed E-state index contributed by atoms with van der Waals surface area (Å²) < 4.78 is 0. The Morgan fingerprint density at radius 3 is 0.729 bits per heavy atom. The van der Waals surface area contributed by atoms with Gasteiger partial charge < -0.3 is 0 Å². The third-order valence-corrected chi connectivity index (χ3v) is 21.2. The Bertz CT molecular complexity index is 1210. The molecule has 4 saturated carbocycles. The van der Waals surface area contributed by atoms with Crippen molar-refractivity contribution < 1.29 is 0 Å². The third kappa shape index (κ3) is 82.0. The molecule has 0 aromatic rings. The maximum Gasteiger partial charge on any atom is -0.0334 e.